The number of nitrogens with one attached hydrogen (secondary N) is 1. The van der Waals surface area contributed by atoms with Gasteiger partial charge in [0.05, 0.1) is 17.7 Å². The second-order valence-electron chi connectivity index (χ2n) is 4.28. The molecule has 0 saturated heterocycles. The Kier molecular flexibility index (Phi) is 3.48. The minimum Gasteiger partial charge on any atom is -0.495 e. The molecule has 2 aromatic carbocycles. The predicted molar refractivity (Wildman–Crippen MR) is 81.3 cm³/mol. The van der Waals surface area contributed by atoms with Crippen molar-refractivity contribution < 1.29 is 9.53 Å². The summed E-state index contributed by atoms with van der Waals surface area (Å²) in [5.74, 6) is 0.810. The lowest BCUT2D eigenvalue weighted by Gasteiger charge is -2.07. The highest BCUT2D eigenvalue weighted by atomic mass is 32.2. The molecule has 3 rings (SSSR count). The number of carbonyl (C=O) groups excluding carboxylic acids is 1. The lowest BCUT2D eigenvalue weighted by Crippen LogP contribution is -1.98. The number of Topliss-reactive ketones (excluding diaryl/α,β-unsaturated/α-hetero) is 1. The molecule has 1 heterocycles. The second kappa shape index (κ2) is 5.43. The first kappa shape index (κ1) is 12.8. The number of ketones is 1. The van der Waals surface area contributed by atoms with Crippen LogP contribution in [0, 0.1) is 0 Å². The van der Waals surface area contributed by atoms with E-state index in [-0.39, 0.29) is 5.78 Å². The second-order valence-corrected chi connectivity index (χ2v) is 5.36. The van der Waals surface area contributed by atoms with Gasteiger partial charge in [0.2, 0.25) is 5.78 Å². The monoisotopic (exact) mass is 283 g/mol. The van der Waals surface area contributed by atoms with Crippen LogP contribution in [0.15, 0.2) is 64.5 Å². The van der Waals surface area contributed by atoms with Crippen LogP contribution in [0.3, 0.4) is 0 Å². The van der Waals surface area contributed by atoms with Gasteiger partial charge in [-0.15, -0.1) is 0 Å². The first-order valence-corrected chi connectivity index (χ1v) is 7.02. The van der Waals surface area contributed by atoms with E-state index in [0.29, 0.717) is 4.91 Å². The molecule has 100 valence electrons. The Bertz CT molecular complexity index is 694. The number of benzene rings is 2. The molecule has 1 aliphatic heterocycles. The van der Waals surface area contributed by atoms with Crippen LogP contribution < -0.4 is 10.1 Å². The van der Waals surface area contributed by atoms with Crippen molar-refractivity contribution in [1.82, 2.24) is 0 Å². The number of thioether (sulfide) groups is 1. The maximum absolute atomic E-state index is 12.2. The fourth-order valence-corrected chi connectivity index (χ4v) is 3.02. The van der Waals surface area contributed by atoms with E-state index in [9.17, 15) is 4.79 Å². The number of hydrogen-bond acceptors (Lipinski definition) is 4. The molecule has 0 saturated carbocycles. The average Bonchev–Trinajstić information content (AvgIpc) is 2.82. The van der Waals surface area contributed by atoms with Gasteiger partial charge in [0.15, 0.2) is 0 Å². The van der Waals surface area contributed by atoms with Crippen molar-refractivity contribution in [3.8, 4) is 5.75 Å². The van der Waals surface area contributed by atoms with Crippen molar-refractivity contribution >= 4 is 23.2 Å². The van der Waals surface area contributed by atoms with Crippen LogP contribution in [0.4, 0.5) is 5.69 Å². The number of para-hydroxylation sites is 2. The fourth-order valence-electron chi connectivity index (χ4n) is 2.04. The van der Waals surface area contributed by atoms with E-state index in [1.165, 1.54) is 11.8 Å². The Balaban J connectivity index is 1.84. The first-order valence-electron chi connectivity index (χ1n) is 6.21. The van der Waals surface area contributed by atoms with Gasteiger partial charge in [0.25, 0.3) is 0 Å². The highest BCUT2D eigenvalue weighted by molar-refractivity contribution is 8.04. The van der Waals surface area contributed by atoms with E-state index in [1.807, 2.05) is 48.5 Å². The molecule has 0 atom stereocenters. The lowest BCUT2D eigenvalue weighted by atomic mass is 10.1. The largest absolute Gasteiger partial charge is 0.495 e. The molecule has 2 aromatic rings. The Morgan fingerprint density at radius 3 is 2.65 bits per heavy atom. The number of carbonyl (C=O) groups is 1. The van der Waals surface area contributed by atoms with Gasteiger partial charge in [-0.2, -0.15) is 0 Å². The lowest BCUT2D eigenvalue weighted by molar-refractivity contribution is 0.104. The summed E-state index contributed by atoms with van der Waals surface area (Å²) in [4.78, 5) is 13.9. The maximum Gasteiger partial charge on any atom is 0.202 e. The molecular weight excluding hydrogens is 270 g/mol. The van der Waals surface area contributed by atoms with Gasteiger partial charge in [-0.25, -0.2) is 0 Å². The van der Waals surface area contributed by atoms with Crippen LogP contribution in [0.25, 0.3) is 0 Å². The molecule has 0 aromatic heterocycles. The number of rotatable bonds is 3. The van der Waals surface area contributed by atoms with Gasteiger partial charge >= 0.3 is 0 Å². The topological polar surface area (TPSA) is 38.3 Å². The molecule has 3 nitrogen and oxygen atoms in total. The van der Waals surface area contributed by atoms with Gasteiger partial charge in [0.1, 0.15) is 5.75 Å². The minimum absolute atomic E-state index is 0.0630. The summed E-state index contributed by atoms with van der Waals surface area (Å²) in [5.41, 5.74) is 1.61. The van der Waals surface area contributed by atoms with E-state index in [1.54, 1.807) is 13.3 Å². The van der Waals surface area contributed by atoms with E-state index >= 15 is 0 Å². The molecule has 0 amide bonds. The molecule has 0 fully saturated rings. The van der Waals surface area contributed by atoms with Crippen molar-refractivity contribution in [1.29, 1.82) is 0 Å². The maximum atomic E-state index is 12.2. The summed E-state index contributed by atoms with van der Waals surface area (Å²) in [6.07, 6.45) is 1.74. The molecule has 1 aliphatic rings. The molecule has 4 heteroatoms. The zero-order valence-corrected chi connectivity index (χ0v) is 11.7. The predicted octanol–water partition coefficient (Wildman–Crippen LogP) is 3.94. The normalized spacial score (nSPS) is 15.2. The molecular formula is C16H13NO2S. The van der Waals surface area contributed by atoms with E-state index in [4.69, 9.17) is 4.74 Å². The summed E-state index contributed by atoms with van der Waals surface area (Å²) >= 11 is 1.49. The van der Waals surface area contributed by atoms with Crippen molar-refractivity contribution in [2.75, 3.05) is 12.4 Å². The van der Waals surface area contributed by atoms with E-state index < -0.39 is 0 Å². The zero-order chi connectivity index (χ0) is 13.9. The van der Waals surface area contributed by atoms with Gasteiger partial charge in [0, 0.05) is 16.7 Å². The molecule has 0 bridgehead atoms. The summed E-state index contributed by atoms with van der Waals surface area (Å²) in [6, 6.07) is 15.2. The van der Waals surface area contributed by atoms with E-state index in [0.717, 1.165) is 21.9 Å². The highest BCUT2D eigenvalue weighted by Gasteiger charge is 2.25. The molecule has 0 radical (unpaired) electrons. The first-order chi connectivity index (χ1) is 9.79. The summed E-state index contributed by atoms with van der Waals surface area (Å²) < 4.78 is 5.27. The number of hydrogen-bond donors (Lipinski definition) is 1. The van der Waals surface area contributed by atoms with Crippen LogP contribution >= 0.6 is 11.8 Å². The quantitative estimate of drug-likeness (QED) is 0.866. The zero-order valence-electron chi connectivity index (χ0n) is 10.9. The fraction of sp³-hybridized carbons (Fsp3) is 0.0625. The van der Waals surface area contributed by atoms with Crippen molar-refractivity contribution in [2.45, 2.75) is 4.90 Å². The van der Waals surface area contributed by atoms with Crippen molar-refractivity contribution in [3.05, 3.63) is 65.2 Å². The van der Waals surface area contributed by atoms with E-state index in [2.05, 4.69) is 5.32 Å². The van der Waals surface area contributed by atoms with Crippen molar-refractivity contribution in [2.24, 2.45) is 0 Å². The minimum atomic E-state index is 0.0630. The molecule has 0 unspecified atom stereocenters. The summed E-state index contributed by atoms with van der Waals surface area (Å²) in [7, 11) is 1.62. The van der Waals surface area contributed by atoms with Crippen LogP contribution in [0.5, 0.6) is 5.75 Å². The average molecular weight is 283 g/mol. The molecule has 1 N–H and O–H groups in total. The Morgan fingerprint density at radius 1 is 1.10 bits per heavy atom. The third kappa shape index (κ3) is 2.30. The number of allylic oxidation sites excluding steroid dienone is 1. The highest BCUT2D eigenvalue weighted by Crippen LogP contribution is 2.39. The number of anilines is 1. The molecule has 0 spiro atoms. The number of ether oxygens (including phenoxy) is 1. The van der Waals surface area contributed by atoms with Gasteiger partial charge < -0.3 is 10.1 Å². The number of methoxy groups -OCH3 is 1. The molecule has 20 heavy (non-hydrogen) atoms. The molecule has 0 aliphatic carbocycles. The van der Waals surface area contributed by atoms with Crippen LogP contribution in [-0.4, -0.2) is 12.9 Å². The Labute approximate surface area is 121 Å². The Morgan fingerprint density at radius 2 is 1.85 bits per heavy atom. The standard InChI is InChI=1S/C16H13NO2S/c1-19-13-8-4-3-7-12(13)17-10-15-16(18)11-6-2-5-9-14(11)20-15/h2-10,17H,1H3/b15-10-. The van der Waals surface area contributed by atoms with Crippen LogP contribution in [-0.2, 0) is 0 Å². The third-order valence-corrected chi connectivity index (χ3v) is 4.14. The SMILES string of the molecule is COc1ccccc1N/C=C1\Sc2ccccc2C1=O. The summed E-state index contributed by atoms with van der Waals surface area (Å²) in [5, 5.41) is 3.14. The Hall–Kier alpha value is -2.20. The number of fused-ring (bicyclic) bond motifs is 1. The van der Waals surface area contributed by atoms with Crippen molar-refractivity contribution in [3.63, 3.8) is 0 Å². The van der Waals surface area contributed by atoms with Gasteiger partial charge in [-0.1, -0.05) is 36.0 Å². The summed E-state index contributed by atoms with van der Waals surface area (Å²) in [6.45, 7) is 0. The van der Waals surface area contributed by atoms with Gasteiger partial charge in [-0.05, 0) is 24.3 Å². The third-order valence-electron chi connectivity index (χ3n) is 3.04. The van der Waals surface area contributed by atoms with Gasteiger partial charge in [-0.3, -0.25) is 4.79 Å². The van der Waals surface area contributed by atoms with Crippen LogP contribution in [0.1, 0.15) is 10.4 Å². The van der Waals surface area contributed by atoms with Crippen LogP contribution in [0.2, 0.25) is 0 Å². The smallest absolute Gasteiger partial charge is 0.202 e.